The van der Waals surface area contributed by atoms with Gasteiger partial charge in [-0.3, -0.25) is 0 Å². The number of anilines is 1. The summed E-state index contributed by atoms with van der Waals surface area (Å²) in [5.41, 5.74) is 7.38. The molecule has 2 rings (SSSR count). The average molecular weight is 286 g/mol. The lowest BCUT2D eigenvalue weighted by molar-refractivity contribution is -0.159. The first-order valence-corrected chi connectivity index (χ1v) is 5.72. The molecule has 0 radical (unpaired) electrons. The van der Waals surface area contributed by atoms with Crippen LogP contribution in [-0.4, -0.2) is 24.2 Å². The van der Waals surface area contributed by atoms with E-state index in [4.69, 9.17) is 5.73 Å². The van der Waals surface area contributed by atoms with Crippen LogP contribution in [0.1, 0.15) is 23.3 Å². The fourth-order valence-electron chi connectivity index (χ4n) is 1.61. The zero-order valence-electron chi connectivity index (χ0n) is 10.8. The first-order chi connectivity index (χ1) is 9.29. The molecule has 0 fully saturated rings. The number of halogens is 3. The van der Waals surface area contributed by atoms with Gasteiger partial charge in [-0.25, -0.2) is 0 Å². The zero-order valence-corrected chi connectivity index (χ0v) is 10.8. The van der Waals surface area contributed by atoms with Crippen LogP contribution in [0.25, 0.3) is 0 Å². The van der Waals surface area contributed by atoms with Crippen LogP contribution in [0, 0.1) is 0 Å². The molecule has 20 heavy (non-hydrogen) atoms. The molecule has 1 unspecified atom stereocenters. The number of rotatable bonds is 3. The summed E-state index contributed by atoms with van der Waals surface area (Å²) in [7, 11) is 3.76. The molecule has 0 aliphatic rings. The smallest absolute Gasteiger partial charge is 0.378 e. The van der Waals surface area contributed by atoms with Crippen LogP contribution in [0.3, 0.4) is 0 Å². The molecule has 2 N–H and O–H groups in total. The minimum Gasteiger partial charge on any atom is -0.378 e. The Hall–Kier alpha value is -2.09. The summed E-state index contributed by atoms with van der Waals surface area (Å²) in [6.45, 7) is 0. The van der Waals surface area contributed by atoms with Crippen LogP contribution >= 0.6 is 0 Å². The summed E-state index contributed by atoms with van der Waals surface area (Å²) in [5, 5.41) is 3.27. The first-order valence-electron chi connectivity index (χ1n) is 5.72. The Labute approximate surface area is 113 Å². The van der Waals surface area contributed by atoms with Gasteiger partial charge in [0.25, 0.3) is 0 Å². The predicted octanol–water partition coefficient (Wildman–Crippen LogP) is 2.20. The molecule has 0 aliphatic heterocycles. The minimum absolute atomic E-state index is 0.199. The van der Waals surface area contributed by atoms with Crippen molar-refractivity contribution in [3.63, 3.8) is 0 Å². The molecule has 2 aromatic rings. The van der Waals surface area contributed by atoms with Crippen molar-refractivity contribution in [1.82, 2.24) is 10.1 Å². The number of nitrogens with two attached hydrogens (primary N) is 1. The number of hydrogen-bond donors (Lipinski definition) is 1. The minimum atomic E-state index is -4.67. The lowest BCUT2D eigenvalue weighted by Gasteiger charge is -2.14. The summed E-state index contributed by atoms with van der Waals surface area (Å²) in [6, 6.07) is 6.17. The molecule has 5 nitrogen and oxygen atoms in total. The summed E-state index contributed by atoms with van der Waals surface area (Å²) in [5.74, 6) is -1.59. The molecule has 0 bridgehead atoms. The second kappa shape index (κ2) is 5.12. The summed E-state index contributed by atoms with van der Waals surface area (Å²) in [6.07, 6.45) is -4.67. The van der Waals surface area contributed by atoms with Gasteiger partial charge in [0.05, 0.1) is 6.04 Å². The first kappa shape index (κ1) is 14.3. The monoisotopic (exact) mass is 286 g/mol. The number of aromatic nitrogens is 2. The fourth-order valence-corrected chi connectivity index (χ4v) is 1.61. The molecule has 1 aromatic carbocycles. The highest BCUT2D eigenvalue weighted by Gasteiger charge is 2.39. The SMILES string of the molecule is CN(C)c1ccc(C(N)c2noc(C(F)(F)F)n2)cc1. The topological polar surface area (TPSA) is 68.2 Å². The van der Waals surface area contributed by atoms with Gasteiger partial charge in [0.1, 0.15) is 0 Å². The van der Waals surface area contributed by atoms with E-state index in [1.807, 2.05) is 19.0 Å². The van der Waals surface area contributed by atoms with E-state index in [2.05, 4.69) is 14.7 Å². The lowest BCUT2D eigenvalue weighted by atomic mass is 10.1. The Balaban J connectivity index is 2.22. The van der Waals surface area contributed by atoms with E-state index in [0.717, 1.165) is 5.69 Å². The maximum atomic E-state index is 12.4. The highest BCUT2D eigenvalue weighted by atomic mass is 19.4. The fraction of sp³-hybridized carbons (Fsp3) is 0.333. The molecular formula is C12H13F3N4O. The Kier molecular flexibility index (Phi) is 3.67. The highest BCUT2D eigenvalue weighted by Crippen LogP contribution is 2.29. The van der Waals surface area contributed by atoms with Crippen LogP contribution in [0.4, 0.5) is 18.9 Å². The van der Waals surface area contributed by atoms with Crippen LogP contribution in [0.15, 0.2) is 28.8 Å². The van der Waals surface area contributed by atoms with Crippen molar-refractivity contribution < 1.29 is 17.7 Å². The van der Waals surface area contributed by atoms with Gasteiger partial charge in [0, 0.05) is 19.8 Å². The van der Waals surface area contributed by atoms with Gasteiger partial charge in [-0.1, -0.05) is 17.3 Å². The van der Waals surface area contributed by atoms with Crippen molar-refractivity contribution >= 4 is 5.69 Å². The Morgan fingerprint density at radius 3 is 2.25 bits per heavy atom. The maximum absolute atomic E-state index is 12.4. The standard InChI is InChI=1S/C12H13F3N4O/c1-19(2)8-5-3-7(4-6-8)9(16)10-17-11(20-18-10)12(13,14)15/h3-6,9H,16H2,1-2H3. The van der Waals surface area contributed by atoms with Gasteiger partial charge in [-0.05, 0) is 17.7 Å². The third-order valence-corrected chi connectivity index (χ3v) is 2.73. The van der Waals surface area contributed by atoms with E-state index in [-0.39, 0.29) is 5.82 Å². The molecule has 8 heteroatoms. The Bertz CT molecular complexity index is 577. The van der Waals surface area contributed by atoms with Gasteiger partial charge >= 0.3 is 12.1 Å². The summed E-state index contributed by atoms with van der Waals surface area (Å²) < 4.78 is 41.3. The summed E-state index contributed by atoms with van der Waals surface area (Å²) in [4.78, 5) is 5.17. The second-order valence-corrected chi connectivity index (χ2v) is 4.42. The molecule has 0 saturated carbocycles. The Morgan fingerprint density at radius 2 is 1.80 bits per heavy atom. The van der Waals surface area contributed by atoms with Crippen LogP contribution in [0.5, 0.6) is 0 Å². The molecule has 108 valence electrons. The number of alkyl halides is 3. The molecular weight excluding hydrogens is 273 g/mol. The third kappa shape index (κ3) is 2.90. The average Bonchev–Trinajstić information content (AvgIpc) is 2.87. The second-order valence-electron chi connectivity index (χ2n) is 4.42. The van der Waals surface area contributed by atoms with Crippen molar-refractivity contribution in [2.24, 2.45) is 5.73 Å². The third-order valence-electron chi connectivity index (χ3n) is 2.73. The van der Waals surface area contributed by atoms with Crippen molar-refractivity contribution in [3.05, 3.63) is 41.5 Å². The van der Waals surface area contributed by atoms with Crippen molar-refractivity contribution in [2.45, 2.75) is 12.2 Å². The van der Waals surface area contributed by atoms with E-state index in [0.29, 0.717) is 5.56 Å². The van der Waals surface area contributed by atoms with Crippen molar-refractivity contribution in [1.29, 1.82) is 0 Å². The van der Waals surface area contributed by atoms with E-state index in [1.54, 1.807) is 24.3 Å². The number of hydrogen-bond acceptors (Lipinski definition) is 5. The molecule has 1 heterocycles. The lowest BCUT2D eigenvalue weighted by Crippen LogP contribution is -2.15. The van der Waals surface area contributed by atoms with E-state index in [9.17, 15) is 13.2 Å². The van der Waals surface area contributed by atoms with Gasteiger partial charge in [-0.2, -0.15) is 18.2 Å². The normalized spacial score (nSPS) is 13.3. The molecule has 0 spiro atoms. The predicted molar refractivity (Wildman–Crippen MR) is 66.1 cm³/mol. The van der Waals surface area contributed by atoms with Gasteiger partial charge in [-0.15, -0.1) is 0 Å². The molecule has 0 amide bonds. The molecule has 1 atom stereocenters. The van der Waals surface area contributed by atoms with Gasteiger partial charge in [0.2, 0.25) is 0 Å². The van der Waals surface area contributed by atoms with Crippen molar-refractivity contribution in [3.8, 4) is 0 Å². The summed E-state index contributed by atoms with van der Waals surface area (Å²) >= 11 is 0. The van der Waals surface area contributed by atoms with Crippen LogP contribution in [0.2, 0.25) is 0 Å². The van der Waals surface area contributed by atoms with E-state index >= 15 is 0 Å². The maximum Gasteiger partial charge on any atom is 0.471 e. The molecule has 1 aromatic heterocycles. The largest absolute Gasteiger partial charge is 0.471 e. The molecule has 0 aliphatic carbocycles. The number of benzene rings is 1. The van der Waals surface area contributed by atoms with Crippen LogP contribution < -0.4 is 10.6 Å². The highest BCUT2D eigenvalue weighted by molar-refractivity contribution is 5.47. The van der Waals surface area contributed by atoms with E-state index in [1.165, 1.54) is 0 Å². The van der Waals surface area contributed by atoms with E-state index < -0.39 is 18.1 Å². The zero-order chi connectivity index (χ0) is 14.9. The van der Waals surface area contributed by atoms with Crippen molar-refractivity contribution in [2.75, 3.05) is 19.0 Å². The van der Waals surface area contributed by atoms with Gasteiger partial charge < -0.3 is 15.2 Å². The quantitative estimate of drug-likeness (QED) is 0.936. The van der Waals surface area contributed by atoms with Crippen LogP contribution in [-0.2, 0) is 6.18 Å². The molecule has 0 saturated heterocycles. The number of nitrogens with zero attached hydrogens (tertiary/aromatic N) is 3. The van der Waals surface area contributed by atoms with Gasteiger partial charge in [0.15, 0.2) is 5.82 Å². The Morgan fingerprint density at radius 1 is 1.20 bits per heavy atom.